The molecule has 0 aromatic heterocycles. The average Bonchev–Trinajstić information content (AvgIpc) is 2.15. The van der Waals surface area contributed by atoms with Gasteiger partial charge in [-0.25, -0.2) is 0 Å². The molecule has 0 bridgehead atoms. The molecule has 2 atom stereocenters. The minimum atomic E-state index is 0.164. The van der Waals surface area contributed by atoms with Gasteiger partial charge in [0.25, 0.3) is 0 Å². The van der Waals surface area contributed by atoms with Crippen molar-refractivity contribution in [3.63, 3.8) is 0 Å². The van der Waals surface area contributed by atoms with Crippen molar-refractivity contribution in [3.05, 3.63) is 29.8 Å². The van der Waals surface area contributed by atoms with Crippen LogP contribution in [0.15, 0.2) is 24.3 Å². The molecule has 0 fully saturated rings. The van der Waals surface area contributed by atoms with E-state index in [1.54, 1.807) is 0 Å². The first-order chi connectivity index (χ1) is 6.20. The van der Waals surface area contributed by atoms with Crippen LogP contribution in [0.25, 0.3) is 0 Å². The summed E-state index contributed by atoms with van der Waals surface area (Å²) < 4.78 is 6.15. The third kappa shape index (κ3) is 1.55. The van der Waals surface area contributed by atoms with Gasteiger partial charge < -0.3 is 4.74 Å². The zero-order chi connectivity index (χ0) is 9.42. The number of nitrogens with zero attached hydrogens (tertiary/aromatic N) is 1. The highest BCUT2D eigenvalue weighted by molar-refractivity contribution is 14.1. The molecular weight excluding hydrogens is 277 g/mol. The minimum absolute atomic E-state index is 0.164. The van der Waals surface area contributed by atoms with E-state index in [-0.39, 0.29) is 6.23 Å². The summed E-state index contributed by atoms with van der Waals surface area (Å²) in [5.74, 6) is 1.02. The summed E-state index contributed by atoms with van der Waals surface area (Å²) in [6.45, 7) is 2.07. The molecule has 1 heterocycles. The first-order valence-corrected chi connectivity index (χ1v) is 5.56. The highest BCUT2D eigenvalue weighted by atomic mass is 127. The molecule has 1 aromatic rings. The van der Waals surface area contributed by atoms with Crippen LogP contribution in [0.3, 0.4) is 0 Å². The van der Waals surface area contributed by atoms with Crippen LogP contribution in [0.5, 0.6) is 5.75 Å². The lowest BCUT2D eigenvalue weighted by molar-refractivity contribution is 0.0356. The van der Waals surface area contributed by atoms with E-state index in [0.717, 1.165) is 5.75 Å². The van der Waals surface area contributed by atoms with E-state index in [0.29, 0.717) is 4.05 Å². The molecule has 1 aliphatic rings. The number of hydrogen-bond donors (Lipinski definition) is 0. The van der Waals surface area contributed by atoms with Crippen molar-refractivity contribution in [1.29, 1.82) is 0 Å². The van der Waals surface area contributed by atoms with Gasteiger partial charge in [0.2, 0.25) is 0 Å². The number of ether oxygens (including phenoxy) is 1. The largest absolute Gasteiger partial charge is 0.475 e. The Morgan fingerprint density at radius 1 is 1.38 bits per heavy atom. The number of benzene rings is 1. The molecule has 70 valence electrons. The van der Waals surface area contributed by atoms with Crippen molar-refractivity contribution >= 4 is 22.6 Å². The van der Waals surface area contributed by atoms with Crippen LogP contribution >= 0.6 is 22.6 Å². The standard InChI is InChI=1S/C10H12INO/c1-7-12(2)10(11)8-5-3-4-6-9(8)13-7/h3-7,10H,1-2H3. The predicted octanol–water partition coefficient (Wildman–Crippen LogP) is 2.79. The second-order valence-corrected chi connectivity index (χ2v) is 4.44. The van der Waals surface area contributed by atoms with Crippen LogP contribution in [0, 0.1) is 0 Å². The molecule has 0 saturated carbocycles. The third-order valence-corrected chi connectivity index (χ3v) is 3.95. The van der Waals surface area contributed by atoms with Gasteiger partial charge in [-0.2, -0.15) is 0 Å². The van der Waals surface area contributed by atoms with Crippen molar-refractivity contribution in [2.45, 2.75) is 17.2 Å². The van der Waals surface area contributed by atoms with E-state index in [4.69, 9.17) is 4.74 Å². The van der Waals surface area contributed by atoms with Crippen LogP contribution in [0.4, 0.5) is 0 Å². The van der Waals surface area contributed by atoms with Crippen molar-refractivity contribution in [2.75, 3.05) is 7.05 Å². The number of hydrogen-bond acceptors (Lipinski definition) is 2. The lowest BCUT2D eigenvalue weighted by atomic mass is 10.1. The molecule has 2 unspecified atom stereocenters. The monoisotopic (exact) mass is 289 g/mol. The average molecular weight is 289 g/mol. The maximum absolute atomic E-state index is 5.74. The first-order valence-electron chi connectivity index (χ1n) is 4.32. The van der Waals surface area contributed by atoms with Gasteiger partial charge in [0.1, 0.15) is 5.75 Å². The van der Waals surface area contributed by atoms with Gasteiger partial charge in [-0.1, -0.05) is 40.8 Å². The molecule has 0 N–H and O–H groups in total. The summed E-state index contributed by atoms with van der Waals surface area (Å²) in [6.07, 6.45) is 0.164. The summed E-state index contributed by atoms with van der Waals surface area (Å²) in [5, 5.41) is 0. The van der Waals surface area contributed by atoms with Crippen LogP contribution in [0.1, 0.15) is 16.5 Å². The van der Waals surface area contributed by atoms with Gasteiger partial charge in [-0.05, 0) is 20.0 Å². The Hall–Kier alpha value is -0.290. The summed E-state index contributed by atoms with van der Waals surface area (Å²) in [7, 11) is 2.08. The van der Waals surface area contributed by atoms with E-state index in [9.17, 15) is 0 Å². The first kappa shape index (κ1) is 9.27. The Morgan fingerprint density at radius 2 is 2.08 bits per heavy atom. The minimum Gasteiger partial charge on any atom is -0.475 e. The lowest BCUT2D eigenvalue weighted by Crippen LogP contribution is -2.38. The van der Waals surface area contributed by atoms with Crippen LogP contribution in [-0.2, 0) is 0 Å². The Kier molecular flexibility index (Phi) is 2.47. The highest BCUT2D eigenvalue weighted by Gasteiger charge is 2.27. The topological polar surface area (TPSA) is 12.5 Å². The number of para-hydroxylation sites is 1. The van der Waals surface area contributed by atoms with Gasteiger partial charge in [-0.3, -0.25) is 4.90 Å². The third-order valence-electron chi connectivity index (χ3n) is 2.40. The molecule has 0 aliphatic carbocycles. The van der Waals surface area contributed by atoms with E-state index >= 15 is 0 Å². The van der Waals surface area contributed by atoms with E-state index in [1.165, 1.54) is 5.56 Å². The zero-order valence-electron chi connectivity index (χ0n) is 7.70. The molecule has 2 nitrogen and oxygen atoms in total. The molecule has 0 saturated heterocycles. The molecule has 1 aliphatic heterocycles. The van der Waals surface area contributed by atoms with Crippen LogP contribution in [0.2, 0.25) is 0 Å². The quantitative estimate of drug-likeness (QED) is 0.414. The van der Waals surface area contributed by atoms with Crippen molar-refractivity contribution in [2.24, 2.45) is 0 Å². The Labute approximate surface area is 92.0 Å². The molecule has 0 spiro atoms. The van der Waals surface area contributed by atoms with E-state index < -0.39 is 0 Å². The van der Waals surface area contributed by atoms with Gasteiger partial charge in [0.15, 0.2) is 6.23 Å². The van der Waals surface area contributed by atoms with Crippen molar-refractivity contribution in [3.8, 4) is 5.75 Å². The number of fused-ring (bicyclic) bond motifs is 1. The Morgan fingerprint density at radius 3 is 2.85 bits per heavy atom. The van der Waals surface area contributed by atoms with Gasteiger partial charge in [0.05, 0.1) is 4.05 Å². The molecule has 2 rings (SSSR count). The fourth-order valence-electron chi connectivity index (χ4n) is 1.46. The summed E-state index contributed by atoms with van der Waals surface area (Å²) in [4.78, 5) is 2.21. The predicted molar refractivity (Wildman–Crippen MR) is 61.1 cm³/mol. The van der Waals surface area contributed by atoms with Gasteiger partial charge in [0, 0.05) is 5.56 Å². The van der Waals surface area contributed by atoms with Crippen molar-refractivity contribution < 1.29 is 4.74 Å². The molecule has 1 aromatic carbocycles. The number of halogens is 1. The second kappa shape index (κ2) is 3.46. The second-order valence-electron chi connectivity index (χ2n) is 3.26. The normalized spacial score (nSPS) is 27.9. The molecule has 0 amide bonds. The van der Waals surface area contributed by atoms with Gasteiger partial charge in [-0.15, -0.1) is 0 Å². The fourth-order valence-corrected chi connectivity index (χ4v) is 2.42. The summed E-state index contributed by atoms with van der Waals surface area (Å²) in [5.41, 5.74) is 1.27. The zero-order valence-corrected chi connectivity index (χ0v) is 9.86. The number of alkyl halides is 1. The summed E-state index contributed by atoms with van der Waals surface area (Å²) >= 11 is 2.44. The Bertz CT molecular complexity index is 316. The van der Waals surface area contributed by atoms with E-state index in [1.807, 2.05) is 12.1 Å². The molecular formula is C10H12INO. The lowest BCUT2D eigenvalue weighted by Gasteiger charge is -2.36. The maximum Gasteiger partial charge on any atom is 0.150 e. The number of rotatable bonds is 0. The highest BCUT2D eigenvalue weighted by Crippen LogP contribution is 2.39. The van der Waals surface area contributed by atoms with Gasteiger partial charge >= 0.3 is 0 Å². The van der Waals surface area contributed by atoms with Crippen molar-refractivity contribution in [1.82, 2.24) is 4.90 Å². The summed E-state index contributed by atoms with van der Waals surface area (Å²) in [6, 6.07) is 8.22. The van der Waals surface area contributed by atoms with E-state index in [2.05, 4.69) is 53.6 Å². The molecule has 3 heteroatoms. The smallest absolute Gasteiger partial charge is 0.150 e. The molecule has 0 radical (unpaired) electrons. The SMILES string of the molecule is CC1Oc2ccccc2C(I)N1C. The fraction of sp³-hybridized carbons (Fsp3) is 0.400. The maximum atomic E-state index is 5.74. The molecule has 13 heavy (non-hydrogen) atoms. The van der Waals surface area contributed by atoms with Crippen LogP contribution < -0.4 is 4.74 Å². The van der Waals surface area contributed by atoms with Crippen LogP contribution in [-0.4, -0.2) is 18.2 Å². The Balaban J connectivity index is 2.43.